The molecular weight excluding hydrogens is 304 g/mol. The van der Waals surface area contributed by atoms with E-state index in [1.54, 1.807) is 0 Å². The summed E-state index contributed by atoms with van der Waals surface area (Å²) in [4.78, 5) is 11.9. The van der Waals surface area contributed by atoms with E-state index in [9.17, 15) is 4.79 Å². The molecule has 0 aliphatic carbocycles. The quantitative estimate of drug-likeness (QED) is 0.754. The van der Waals surface area contributed by atoms with Gasteiger partial charge in [-0.05, 0) is 49.2 Å². The third kappa shape index (κ3) is 3.90. The van der Waals surface area contributed by atoms with Crippen LogP contribution in [0, 0.1) is 13.8 Å². The predicted molar refractivity (Wildman–Crippen MR) is 91.1 cm³/mol. The Morgan fingerprint density at radius 1 is 1.17 bits per heavy atom. The minimum atomic E-state index is -0.150. The molecule has 1 N–H and O–H groups in total. The third-order valence-corrected chi connectivity index (χ3v) is 3.62. The fraction of sp³-hybridized carbons (Fsp3) is 0.278. The highest BCUT2D eigenvalue weighted by atomic mass is 16.5. The summed E-state index contributed by atoms with van der Waals surface area (Å²) < 4.78 is 7.46. The van der Waals surface area contributed by atoms with E-state index < -0.39 is 0 Å². The van der Waals surface area contributed by atoms with Crippen LogP contribution in [0.25, 0.3) is 5.65 Å². The second-order valence-electron chi connectivity index (χ2n) is 5.76. The molecule has 2 aromatic heterocycles. The molecule has 3 aromatic rings. The van der Waals surface area contributed by atoms with E-state index in [1.807, 2.05) is 54.8 Å². The number of pyridine rings is 1. The van der Waals surface area contributed by atoms with Crippen LogP contribution in [0.1, 0.15) is 17.0 Å². The number of hydrogen-bond acceptors (Lipinski definition) is 4. The molecule has 0 bridgehead atoms. The van der Waals surface area contributed by atoms with E-state index >= 15 is 0 Å². The lowest BCUT2D eigenvalue weighted by molar-refractivity contribution is -0.123. The normalized spacial score (nSPS) is 10.8. The van der Waals surface area contributed by atoms with Crippen molar-refractivity contribution in [2.45, 2.75) is 20.3 Å². The number of amides is 1. The van der Waals surface area contributed by atoms with Gasteiger partial charge in [0, 0.05) is 19.2 Å². The van der Waals surface area contributed by atoms with Crippen molar-refractivity contribution < 1.29 is 9.53 Å². The Morgan fingerprint density at radius 2 is 1.96 bits per heavy atom. The molecule has 0 saturated heterocycles. The molecule has 6 heteroatoms. The van der Waals surface area contributed by atoms with Crippen LogP contribution in [0.3, 0.4) is 0 Å². The van der Waals surface area contributed by atoms with E-state index in [4.69, 9.17) is 4.74 Å². The van der Waals surface area contributed by atoms with Crippen LogP contribution in [0.2, 0.25) is 0 Å². The molecule has 2 heterocycles. The number of rotatable bonds is 6. The Morgan fingerprint density at radius 3 is 2.75 bits per heavy atom. The highest BCUT2D eigenvalue weighted by Gasteiger charge is 2.07. The predicted octanol–water partition coefficient (Wildman–Crippen LogP) is 2.08. The van der Waals surface area contributed by atoms with Crippen molar-refractivity contribution in [2.75, 3.05) is 13.2 Å². The highest BCUT2D eigenvalue weighted by Crippen LogP contribution is 2.15. The lowest BCUT2D eigenvalue weighted by Crippen LogP contribution is -2.30. The van der Waals surface area contributed by atoms with Crippen molar-refractivity contribution in [1.82, 2.24) is 19.9 Å². The zero-order valence-electron chi connectivity index (χ0n) is 13.8. The fourth-order valence-electron chi connectivity index (χ4n) is 2.59. The summed E-state index contributed by atoms with van der Waals surface area (Å²) in [6.45, 7) is 4.50. The van der Waals surface area contributed by atoms with Gasteiger partial charge in [-0.1, -0.05) is 12.1 Å². The Bertz CT molecular complexity index is 837. The SMILES string of the molecule is Cc1cc(C)cc(OCC(=O)NCCc2nnc3ccccn23)c1. The molecule has 24 heavy (non-hydrogen) atoms. The number of aryl methyl sites for hydroxylation is 2. The van der Waals surface area contributed by atoms with Crippen LogP contribution < -0.4 is 10.1 Å². The zero-order valence-corrected chi connectivity index (χ0v) is 13.8. The van der Waals surface area contributed by atoms with E-state index in [1.165, 1.54) is 0 Å². The summed E-state index contributed by atoms with van der Waals surface area (Å²) in [6.07, 6.45) is 2.52. The molecule has 0 atom stereocenters. The van der Waals surface area contributed by atoms with Gasteiger partial charge in [0.2, 0.25) is 0 Å². The van der Waals surface area contributed by atoms with Gasteiger partial charge >= 0.3 is 0 Å². The lowest BCUT2D eigenvalue weighted by Gasteiger charge is -2.08. The van der Waals surface area contributed by atoms with Crippen LogP contribution in [0.15, 0.2) is 42.6 Å². The average Bonchev–Trinajstić information content (AvgIpc) is 2.96. The Kier molecular flexibility index (Phi) is 4.74. The Hall–Kier alpha value is -2.89. The van der Waals surface area contributed by atoms with Crippen LogP contribution in [-0.4, -0.2) is 33.7 Å². The molecule has 6 nitrogen and oxygen atoms in total. The molecule has 124 valence electrons. The third-order valence-electron chi connectivity index (χ3n) is 3.62. The first kappa shape index (κ1) is 16.0. The molecule has 0 fully saturated rings. The van der Waals surface area contributed by atoms with E-state index in [0.29, 0.717) is 18.7 Å². The fourth-order valence-corrected chi connectivity index (χ4v) is 2.59. The second-order valence-corrected chi connectivity index (χ2v) is 5.76. The number of fused-ring (bicyclic) bond motifs is 1. The minimum absolute atomic E-state index is 0.00345. The Labute approximate surface area is 140 Å². The van der Waals surface area contributed by atoms with Gasteiger partial charge < -0.3 is 10.1 Å². The van der Waals surface area contributed by atoms with E-state index in [2.05, 4.69) is 21.6 Å². The second kappa shape index (κ2) is 7.12. The van der Waals surface area contributed by atoms with Crippen molar-refractivity contribution in [1.29, 1.82) is 0 Å². The molecule has 3 rings (SSSR count). The molecule has 0 spiro atoms. The standard InChI is InChI=1S/C18H20N4O2/c1-13-9-14(2)11-15(10-13)24-12-18(23)19-7-6-17-21-20-16-5-3-4-8-22(16)17/h3-5,8-11H,6-7,12H2,1-2H3,(H,19,23). The molecule has 0 aliphatic heterocycles. The summed E-state index contributed by atoms with van der Waals surface area (Å²) in [5.74, 6) is 1.38. The number of carbonyl (C=O) groups excluding carboxylic acids is 1. The molecule has 0 radical (unpaired) electrons. The summed E-state index contributed by atoms with van der Waals surface area (Å²) in [5, 5.41) is 11.1. The van der Waals surface area contributed by atoms with Crippen molar-refractivity contribution in [3.63, 3.8) is 0 Å². The van der Waals surface area contributed by atoms with Gasteiger partial charge in [0.25, 0.3) is 5.91 Å². The van der Waals surface area contributed by atoms with Crippen LogP contribution in [0.5, 0.6) is 5.75 Å². The molecule has 0 aliphatic rings. The van der Waals surface area contributed by atoms with Crippen LogP contribution in [-0.2, 0) is 11.2 Å². The molecule has 1 aromatic carbocycles. The number of nitrogens with zero attached hydrogens (tertiary/aromatic N) is 3. The maximum Gasteiger partial charge on any atom is 0.257 e. The average molecular weight is 324 g/mol. The number of benzene rings is 1. The minimum Gasteiger partial charge on any atom is -0.484 e. The smallest absolute Gasteiger partial charge is 0.257 e. The van der Waals surface area contributed by atoms with Crippen molar-refractivity contribution >= 4 is 11.6 Å². The summed E-state index contributed by atoms with van der Waals surface area (Å²) in [5.41, 5.74) is 3.03. The largest absolute Gasteiger partial charge is 0.484 e. The van der Waals surface area contributed by atoms with Gasteiger partial charge in [0.05, 0.1) is 0 Å². The number of nitrogens with one attached hydrogen (secondary N) is 1. The Balaban J connectivity index is 1.47. The van der Waals surface area contributed by atoms with Gasteiger partial charge in [-0.3, -0.25) is 9.20 Å². The topological polar surface area (TPSA) is 68.5 Å². The highest BCUT2D eigenvalue weighted by molar-refractivity contribution is 5.77. The first-order chi connectivity index (χ1) is 11.6. The summed E-state index contributed by atoms with van der Waals surface area (Å²) in [7, 11) is 0. The number of ether oxygens (including phenoxy) is 1. The van der Waals surface area contributed by atoms with Crippen molar-refractivity contribution in [3.05, 3.63) is 59.5 Å². The summed E-state index contributed by atoms with van der Waals surface area (Å²) >= 11 is 0. The maximum absolute atomic E-state index is 11.9. The van der Waals surface area contributed by atoms with Crippen LogP contribution >= 0.6 is 0 Å². The first-order valence-electron chi connectivity index (χ1n) is 7.88. The maximum atomic E-state index is 11.9. The summed E-state index contributed by atoms with van der Waals surface area (Å²) in [6, 6.07) is 11.6. The van der Waals surface area contributed by atoms with Gasteiger partial charge in [-0.15, -0.1) is 10.2 Å². The van der Waals surface area contributed by atoms with Gasteiger partial charge in [-0.25, -0.2) is 0 Å². The zero-order chi connectivity index (χ0) is 16.9. The van der Waals surface area contributed by atoms with Crippen molar-refractivity contribution in [3.8, 4) is 5.75 Å². The van der Waals surface area contributed by atoms with Gasteiger partial charge in [-0.2, -0.15) is 0 Å². The lowest BCUT2D eigenvalue weighted by atomic mass is 10.1. The van der Waals surface area contributed by atoms with Crippen molar-refractivity contribution in [2.24, 2.45) is 0 Å². The van der Waals surface area contributed by atoms with E-state index in [-0.39, 0.29) is 12.5 Å². The first-order valence-corrected chi connectivity index (χ1v) is 7.88. The molecule has 1 amide bonds. The molecular formula is C18H20N4O2. The van der Waals surface area contributed by atoms with Gasteiger partial charge in [0.15, 0.2) is 12.3 Å². The van der Waals surface area contributed by atoms with Crippen LogP contribution in [0.4, 0.5) is 0 Å². The van der Waals surface area contributed by atoms with Gasteiger partial charge in [0.1, 0.15) is 11.6 Å². The number of aromatic nitrogens is 3. The number of carbonyl (C=O) groups is 1. The number of hydrogen-bond donors (Lipinski definition) is 1. The molecule has 0 saturated carbocycles. The monoisotopic (exact) mass is 324 g/mol. The van der Waals surface area contributed by atoms with E-state index in [0.717, 1.165) is 22.6 Å². The molecule has 0 unspecified atom stereocenters.